The van der Waals surface area contributed by atoms with Gasteiger partial charge >= 0.3 is 13.7 Å². The fraction of sp³-hybridized carbons (Fsp3) is 0.714. The summed E-state index contributed by atoms with van der Waals surface area (Å²) in [5.41, 5.74) is 4.14. The van der Waals surface area contributed by atoms with Gasteiger partial charge in [-0.3, -0.25) is 18.4 Å². The summed E-state index contributed by atoms with van der Waals surface area (Å²) in [5, 5.41) is 2.57. The Morgan fingerprint density at radius 1 is 1.42 bits per heavy atom. The second-order valence-electron chi connectivity index (χ2n) is 9.34. The Kier molecular flexibility index (Phi) is 6.66. The maximum atomic E-state index is 16.3. The van der Waals surface area contributed by atoms with E-state index in [9.17, 15) is 9.36 Å². The van der Waals surface area contributed by atoms with E-state index in [4.69, 9.17) is 29.0 Å². The van der Waals surface area contributed by atoms with E-state index in [-0.39, 0.29) is 30.2 Å². The van der Waals surface area contributed by atoms with E-state index in [1.807, 2.05) is 0 Å². The fourth-order valence-corrected chi connectivity index (χ4v) is 6.57. The number of ether oxygens (including phenoxy) is 3. The number of hydrogen-bond acceptors (Lipinski definition) is 11. The maximum absolute atomic E-state index is 16.3. The van der Waals surface area contributed by atoms with Crippen LogP contribution in [0.5, 0.6) is 5.88 Å². The number of anilines is 1. The van der Waals surface area contributed by atoms with E-state index >= 15 is 4.39 Å². The van der Waals surface area contributed by atoms with E-state index in [1.54, 1.807) is 6.92 Å². The van der Waals surface area contributed by atoms with Gasteiger partial charge in [-0.05, 0) is 46.5 Å². The van der Waals surface area contributed by atoms with Crippen LogP contribution in [0.3, 0.4) is 0 Å². The third-order valence-electron chi connectivity index (χ3n) is 6.57. The standard InChI is InChI=1S/C21H30FN6O7P/c1-4-31-17-14-16(25-20(23)26-17)28(10-24-14)19-21(3,22)15-13(34-19)9-32-36(30,35-15)27-11(2)18(29)33-12-7-5-6-8-12/h10-13,15,19H,4-9H2,1-3H3,(H,27,30)(H2,23,25,26)/t11-,13+,15+,19+,21+,36?/m0/s1. The van der Waals surface area contributed by atoms with Crippen LogP contribution in [0.2, 0.25) is 0 Å². The smallest absolute Gasteiger partial charge is 0.406 e. The lowest BCUT2D eigenvalue weighted by atomic mass is 9.98. The van der Waals surface area contributed by atoms with E-state index < -0.39 is 43.9 Å². The summed E-state index contributed by atoms with van der Waals surface area (Å²) >= 11 is 0. The summed E-state index contributed by atoms with van der Waals surface area (Å²) in [4.78, 5) is 24.9. The summed E-state index contributed by atoms with van der Waals surface area (Å²) in [6, 6.07) is -0.980. The second-order valence-corrected chi connectivity index (χ2v) is 11.1. The molecule has 0 spiro atoms. The molecular weight excluding hydrogens is 498 g/mol. The van der Waals surface area contributed by atoms with E-state index in [0.29, 0.717) is 12.1 Å². The molecule has 1 aliphatic carbocycles. The molecule has 2 aliphatic heterocycles. The average molecular weight is 528 g/mol. The number of fused-ring (bicyclic) bond motifs is 2. The minimum Gasteiger partial charge on any atom is -0.476 e. The lowest BCUT2D eigenvalue weighted by Crippen LogP contribution is -2.47. The minimum absolute atomic E-state index is 0.0737. The lowest BCUT2D eigenvalue weighted by Gasteiger charge is -2.35. The fourth-order valence-electron chi connectivity index (χ4n) is 4.81. The van der Waals surface area contributed by atoms with Crippen molar-refractivity contribution in [3.63, 3.8) is 0 Å². The molecule has 5 rings (SSSR count). The number of nitrogens with zero attached hydrogens (tertiary/aromatic N) is 4. The van der Waals surface area contributed by atoms with Crippen LogP contribution in [0, 0.1) is 0 Å². The van der Waals surface area contributed by atoms with E-state index in [2.05, 4.69) is 20.0 Å². The zero-order chi connectivity index (χ0) is 25.7. The molecule has 1 saturated carbocycles. The van der Waals surface area contributed by atoms with Crippen molar-refractivity contribution in [1.82, 2.24) is 24.6 Å². The number of nitrogens with two attached hydrogens (primary N) is 1. The molecule has 3 N–H and O–H groups in total. The highest BCUT2D eigenvalue weighted by atomic mass is 31.2. The Labute approximate surface area is 206 Å². The molecule has 13 nitrogen and oxygen atoms in total. The molecule has 15 heteroatoms. The minimum atomic E-state index is -4.06. The highest BCUT2D eigenvalue weighted by Gasteiger charge is 2.61. The first-order chi connectivity index (χ1) is 17.1. The van der Waals surface area contributed by atoms with Crippen molar-refractivity contribution in [1.29, 1.82) is 0 Å². The van der Waals surface area contributed by atoms with E-state index in [1.165, 1.54) is 24.7 Å². The predicted octanol–water partition coefficient (Wildman–Crippen LogP) is 2.42. The number of halogens is 1. The molecular formula is C21H30FN6O7P. The number of hydrogen-bond donors (Lipinski definition) is 2. The molecule has 1 unspecified atom stereocenters. The number of nitrogens with one attached hydrogen (secondary N) is 1. The highest BCUT2D eigenvalue weighted by molar-refractivity contribution is 7.51. The number of nitrogen functional groups attached to an aromatic ring is 1. The van der Waals surface area contributed by atoms with Gasteiger partial charge in [-0.15, -0.1) is 0 Å². The number of carbonyl (C=O) groups excluding carboxylic acids is 1. The van der Waals surface area contributed by atoms with Gasteiger partial charge in [0.2, 0.25) is 11.8 Å². The third-order valence-corrected chi connectivity index (χ3v) is 8.27. The van der Waals surface area contributed by atoms with Crippen LogP contribution in [0.25, 0.3) is 11.2 Å². The first kappa shape index (κ1) is 25.3. The topological polar surface area (TPSA) is 162 Å². The molecule has 2 aromatic heterocycles. The number of esters is 1. The van der Waals surface area contributed by atoms with Gasteiger partial charge in [0.1, 0.15) is 24.4 Å². The maximum Gasteiger partial charge on any atom is 0.406 e. The molecule has 6 atom stereocenters. The van der Waals surface area contributed by atoms with Gasteiger partial charge in [0.05, 0.1) is 19.5 Å². The predicted molar refractivity (Wildman–Crippen MR) is 124 cm³/mol. The van der Waals surface area contributed by atoms with Crippen molar-refractivity contribution in [2.45, 2.75) is 82.7 Å². The van der Waals surface area contributed by atoms with Gasteiger partial charge in [-0.25, -0.2) is 19.0 Å². The summed E-state index contributed by atoms with van der Waals surface area (Å²) in [7, 11) is -4.06. The van der Waals surface area contributed by atoms with Crippen LogP contribution in [-0.4, -0.2) is 68.7 Å². The third kappa shape index (κ3) is 4.56. The largest absolute Gasteiger partial charge is 0.476 e. The van der Waals surface area contributed by atoms with Crippen LogP contribution < -0.4 is 15.6 Å². The SMILES string of the molecule is CCOc1nc(N)nc2c1ncn2[C@@H]1O[C@@H]2COP(=O)(N[C@@H](C)C(=O)OC3CCCC3)O[C@H]2[C@@]1(C)F. The first-order valence-corrected chi connectivity index (χ1v) is 13.5. The van der Waals surface area contributed by atoms with Gasteiger partial charge in [-0.1, -0.05) is 0 Å². The summed E-state index contributed by atoms with van der Waals surface area (Å²) in [5.74, 6) is -0.473. The number of rotatable bonds is 7. The number of imidazole rings is 1. The Morgan fingerprint density at radius 3 is 2.89 bits per heavy atom. The van der Waals surface area contributed by atoms with Crippen LogP contribution in [0.4, 0.5) is 10.3 Å². The number of carbonyl (C=O) groups is 1. The normalized spacial score (nSPS) is 33.5. The summed E-state index contributed by atoms with van der Waals surface area (Å²) in [6.45, 7) is 4.65. The van der Waals surface area contributed by atoms with Crippen LogP contribution in [0.15, 0.2) is 6.33 Å². The molecule has 0 radical (unpaired) electrons. The Bertz CT molecular complexity index is 1190. The van der Waals surface area contributed by atoms with Crippen molar-refractivity contribution in [2.75, 3.05) is 18.9 Å². The number of aromatic nitrogens is 4. The molecule has 0 amide bonds. The quantitative estimate of drug-likeness (QED) is 0.399. The van der Waals surface area contributed by atoms with Crippen LogP contribution >= 0.6 is 7.75 Å². The summed E-state index contributed by atoms with van der Waals surface area (Å²) in [6.07, 6.45) is 1.41. The molecule has 36 heavy (non-hydrogen) atoms. The van der Waals surface area contributed by atoms with Gasteiger partial charge in [0.15, 0.2) is 23.1 Å². The average Bonchev–Trinajstić information content (AvgIpc) is 3.53. The van der Waals surface area contributed by atoms with Crippen LogP contribution in [0.1, 0.15) is 52.7 Å². The molecule has 3 fully saturated rings. The molecule has 2 aromatic rings. The van der Waals surface area contributed by atoms with Crippen molar-refractivity contribution >= 4 is 30.8 Å². The van der Waals surface area contributed by atoms with Crippen molar-refractivity contribution in [2.24, 2.45) is 0 Å². The van der Waals surface area contributed by atoms with E-state index in [0.717, 1.165) is 25.7 Å². The molecule has 0 aromatic carbocycles. The van der Waals surface area contributed by atoms with Gasteiger partial charge < -0.3 is 19.9 Å². The van der Waals surface area contributed by atoms with Crippen molar-refractivity contribution in [3.8, 4) is 5.88 Å². The lowest BCUT2D eigenvalue weighted by molar-refractivity contribution is -0.150. The van der Waals surface area contributed by atoms with Gasteiger partial charge in [0, 0.05) is 0 Å². The Hall–Kier alpha value is -2.38. The van der Waals surface area contributed by atoms with Gasteiger partial charge in [0.25, 0.3) is 0 Å². The van der Waals surface area contributed by atoms with Gasteiger partial charge in [-0.2, -0.15) is 9.97 Å². The molecule has 198 valence electrons. The highest BCUT2D eigenvalue weighted by Crippen LogP contribution is 2.57. The monoisotopic (exact) mass is 528 g/mol. The zero-order valence-corrected chi connectivity index (χ0v) is 21.2. The first-order valence-electron chi connectivity index (χ1n) is 12.0. The van der Waals surface area contributed by atoms with Crippen LogP contribution in [-0.2, 0) is 27.9 Å². The number of alkyl halides is 1. The van der Waals surface area contributed by atoms with Crippen molar-refractivity contribution < 1.29 is 37.0 Å². The second kappa shape index (κ2) is 9.49. The Balaban J connectivity index is 1.34. The van der Waals surface area contributed by atoms with Crippen molar-refractivity contribution in [3.05, 3.63) is 6.33 Å². The zero-order valence-electron chi connectivity index (χ0n) is 20.3. The molecule has 0 bridgehead atoms. The molecule has 4 heterocycles. The molecule has 2 saturated heterocycles. The Morgan fingerprint density at radius 2 is 2.17 bits per heavy atom. The summed E-state index contributed by atoms with van der Waals surface area (Å²) < 4.78 is 58.9. The molecule has 3 aliphatic rings.